The van der Waals surface area contributed by atoms with Crippen LogP contribution in [0, 0.1) is 17.7 Å². The Bertz CT molecular complexity index is 1050. The fraction of sp³-hybridized carbons (Fsp3) is 0.346. The summed E-state index contributed by atoms with van der Waals surface area (Å²) in [5.41, 5.74) is 7.96. The number of rotatable bonds is 4. The number of piperazine rings is 1. The Morgan fingerprint density at radius 3 is 2.62 bits per heavy atom. The van der Waals surface area contributed by atoms with Crippen molar-refractivity contribution in [3.05, 3.63) is 76.1 Å². The molecule has 1 amide bonds. The zero-order chi connectivity index (χ0) is 23.3. The van der Waals surface area contributed by atoms with Gasteiger partial charge in [0.15, 0.2) is 0 Å². The molecule has 2 aromatic rings. The smallest absolute Gasteiger partial charge is 0.246 e. The van der Waals surface area contributed by atoms with Crippen LogP contribution >= 0.6 is 11.6 Å². The van der Waals surface area contributed by atoms with Gasteiger partial charge >= 0.3 is 0 Å². The van der Waals surface area contributed by atoms with Crippen LogP contribution in [0.5, 0.6) is 0 Å². The summed E-state index contributed by atoms with van der Waals surface area (Å²) in [7, 11) is 0. The lowest BCUT2D eigenvalue weighted by Crippen LogP contribution is -2.53. The summed E-state index contributed by atoms with van der Waals surface area (Å²) in [6, 6.07) is 12.0. The van der Waals surface area contributed by atoms with Gasteiger partial charge in [-0.2, -0.15) is 0 Å². The van der Waals surface area contributed by atoms with Crippen molar-refractivity contribution in [1.29, 1.82) is 0 Å². The molecule has 168 valence electrons. The van der Waals surface area contributed by atoms with Crippen molar-refractivity contribution in [2.24, 2.45) is 5.73 Å². The van der Waals surface area contributed by atoms with E-state index in [1.807, 2.05) is 31.7 Å². The molecule has 1 heterocycles. The summed E-state index contributed by atoms with van der Waals surface area (Å²) in [5.74, 6) is 5.81. The van der Waals surface area contributed by atoms with Crippen LogP contribution in [0.1, 0.15) is 37.5 Å². The van der Waals surface area contributed by atoms with Crippen molar-refractivity contribution in [2.45, 2.75) is 38.9 Å². The topological polar surface area (TPSA) is 49.6 Å². The number of nitrogens with two attached hydrogens (primary N) is 1. The van der Waals surface area contributed by atoms with Gasteiger partial charge in [-0.1, -0.05) is 41.6 Å². The Morgan fingerprint density at radius 2 is 1.97 bits per heavy atom. The largest absolute Gasteiger partial charge is 0.334 e. The first-order valence-electron chi connectivity index (χ1n) is 10.7. The third-order valence-electron chi connectivity index (χ3n) is 5.25. The summed E-state index contributed by atoms with van der Waals surface area (Å²) >= 11 is 6.13. The van der Waals surface area contributed by atoms with Gasteiger partial charge in [-0.05, 0) is 62.2 Å². The zero-order valence-electron chi connectivity index (χ0n) is 18.7. The van der Waals surface area contributed by atoms with E-state index in [9.17, 15) is 9.18 Å². The van der Waals surface area contributed by atoms with E-state index in [0.29, 0.717) is 11.6 Å². The van der Waals surface area contributed by atoms with Crippen molar-refractivity contribution in [1.82, 2.24) is 9.80 Å². The first-order chi connectivity index (χ1) is 15.1. The van der Waals surface area contributed by atoms with E-state index < -0.39 is 5.54 Å². The molecule has 0 radical (unpaired) electrons. The summed E-state index contributed by atoms with van der Waals surface area (Å²) in [5, 5.41) is 0.582. The maximum atomic E-state index is 13.1. The van der Waals surface area contributed by atoms with Crippen LogP contribution in [0.4, 0.5) is 4.39 Å². The molecule has 1 saturated heterocycles. The third kappa shape index (κ3) is 6.93. The molecule has 1 atom stereocenters. The van der Waals surface area contributed by atoms with Gasteiger partial charge in [-0.3, -0.25) is 9.69 Å². The van der Waals surface area contributed by atoms with E-state index in [2.05, 4.69) is 16.7 Å². The van der Waals surface area contributed by atoms with Gasteiger partial charge in [-0.15, -0.1) is 0 Å². The average molecular weight is 454 g/mol. The molecule has 0 spiro atoms. The second kappa shape index (κ2) is 10.3. The molecular weight excluding hydrogens is 425 g/mol. The average Bonchev–Trinajstić information content (AvgIpc) is 2.72. The first-order valence-corrected chi connectivity index (χ1v) is 11.1. The van der Waals surface area contributed by atoms with Crippen LogP contribution in [-0.2, 0) is 11.3 Å². The minimum absolute atomic E-state index is 0.0352. The van der Waals surface area contributed by atoms with Gasteiger partial charge in [0.2, 0.25) is 5.91 Å². The number of halogens is 2. The Hall–Kier alpha value is -2.65. The number of carbonyl (C=O) groups excluding carboxylic acids is 1. The molecule has 2 N–H and O–H groups in total. The molecule has 0 bridgehead atoms. The van der Waals surface area contributed by atoms with Gasteiger partial charge < -0.3 is 10.6 Å². The van der Waals surface area contributed by atoms with E-state index in [0.717, 1.165) is 36.3 Å². The SMILES string of the molecule is C[C@@H]1CN(Cc2ccc(F)cc2)CCN1C(=O)C=Cc1ccc(Cl)cc1C#CC(C)(C)N. The van der Waals surface area contributed by atoms with Crippen molar-refractivity contribution in [3.8, 4) is 11.8 Å². The molecule has 1 aliphatic heterocycles. The number of hydrogen-bond donors (Lipinski definition) is 1. The molecule has 32 heavy (non-hydrogen) atoms. The van der Waals surface area contributed by atoms with Crippen LogP contribution in [0.2, 0.25) is 5.02 Å². The van der Waals surface area contributed by atoms with Crippen molar-refractivity contribution in [2.75, 3.05) is 19.6 Å². The van der Waals surface area contributed by atoms with Crippen LogP contribution in [0.3, 0.4) is 0 Å². The minimum Gasteiger partial charge on any atom is -0.334 e. The second-order valence-corrected chi connectivity index (χ2v) is 9.22. The highest BCUT2D eigenvalue weighted by Gasteiger charge is 2.26. The molecule has 0 unspecified atom stereocenters. The van der Waals surface area contributed by atoms with Crippen LogP contribution < -0.4 is 5.73 Å². The van der Waals surface area contributed by atoms with Crippen molar-refractivity contribution >= 4 is 23.6 Å². The molecule has 6 heteroatoms. The number of benzene rings is 2. The quantitative estimate of drug-likeness (QED) is 0.554. The van der Waals surface area contributed by atoms with E-state index in [1.165, 1.54) is 12.1 Å². The monoisotopic (exact) mass is 453 g/mol. The summed E-state index contributed by atoms with van der Waals surface area (Å²) < 4.78 is 13.1. The molecule has 0 saturated carbocycles. The van der Waals surface area contributed by atoms with E-state index in [4.69, 9.17) is 17.3 Å². The Labute approximate surface area is 194 Å². The summed E-state index contributed by atoms with van der Waals surface area (Å²) in [4.78, 5) is 17.0. The van der Waals surface area contributed by atoms with Crippen molar-refractivity contribution in [3.63, 3.8) is 0 Å². The number of nitrogens with zero attached hydrogens (tertiary/aromatic N) is 2. The van der Waals surface area contributed by atoms with Gasteiger partial charge in [0.1, 0.15) is 5.82 Å². The Balaban J connectivity index is 1.65. The number of amides is 1. The summed E-state index contributed by atoms with van der Waals surface area (Å²) in [6.45, 7) is 8.63. The molecule has 1 fully saturated rings. The third-order valence-corrected chi connectivity index (χ3v) is 5.49. The minimum atomic E-state index is -0.623. The van der Waals surface area contributed by atoms with Crippen LogP contribution in [0.15, 0.2) is 48.5 Å². The van der Waals surface area contributed by atoms with Gasteiger partial charge in [0.05, 0.1) is 5.54 Å². The zero-order valence-corrected chi connectivity index (χ0v) is 19.5. The van der Waals surface area contributed by atoms with Crippen molar-refractivity contribution < 1.29 is 9.18 Å². The second-order valence-electron chi connectivity index (χ2n) is 8.78. The number of hydrogen-bond acceptors (Lipinski definition) is 3. The molecule has 2 aromatic carbocycles. The maximum absolute atomic E-state index is 13.1. The van der Waals surface area contributed by atoms with E-state index in [1.54, 1.807) is 36.4 Å². The highest BCUT2D eigenvalue weighted by molar-refractivity contribution is 6.30. The van der Waals surface area contributed by atoms with Gasteiger partial charge in [0.25, 0.3) is 0 Å². The molecule has 1 aliphatic rings. The Kier molecular flexibility index (Phi) is 7.73. The Morgan fingerprint density at radius 1 is 1.25 bits per heavy atom. The fourth-order valence-corrected chi connectivity index (χ4v) is 3.79. The lowest BCUT2D eigenvalue weighted by Gasteiger charge is -2.39. The van der Waals surface area contributed by atoms with Crippen LogP contribution in [-0.4, -0.2) is 46.9 Å². The van der Waals surface area contributed by atoms with E-state index >= 15 is 0 Å². The van der Waals surface area contributed by atoms with Crippen LogP contribution in [0.25, 0.3) is 6.08 Å². The molecular formula is C26H29ClFN3O. The maximum Gasteiger partial charge on any atom is 0.246 e. The van der Waals surface area contributed by atoms with Gasteiger partial charge in [0, 0.05) is 48.9 Å². The molecule has 0 aromatic heterocycles. The molecule has 0 aliphatic carbocycles. The highest BCUT2D eigenvalue weighted by Crippen LogP contribution is 2.18. The van der Waals surface area contributed by atoms with Gasteiger partial charge in [-0.25, -0.2) is 4.39 Å². The lowest BCUT2D eigenvalue weighted by atomic mass is 10.0. The normalized spacial score (nSPS) is 17.3. The fourth-order valence-electron chi connectivity index (χ4n) is 3.62. The number of carbonyl (C=O) groups is 1. The standard InChI is InChI=1S/C26H29ClFN3O/c1-19-17-30(18-20-4-9-24(28)10-5-20)14-15-31(19)25(32)11-7-21-6-8-23(27)16-22(21)12-13-26(2,3)29/h4-11,16,19H,14-15,17-18,29H2,1-3H3/t19-/m1/s1. The molecule has 4 nitrogen and oxygen atoms in total. The molecule has 3 rings (SSSR count). The van der Waals surface area contributed by atoms with E-state index in [-0.39, 0.29) is 17.8 Å². The lowest BCUT2D eigenvalue weighted by molar-refractivity contribution is -0.130. The first kappa shape index (κ1) is 24.0. The highest BCUT2D eigenvalue weighted by atomic mass is 35.5. The predicted octanol–water partition coefficient (Wildman–Crippen LogP) is 4.31. The predicted molar refractivity (Wildman–Crippen MR) is 128 cm³/mol. The summed E-state index contributed by atoms with van der Waals surface area (Å²) in [6.07, 6.45) is 3.37.